The quantitative estimate of drug-likeness (QED) is 0.763. The molecular weight excluding hydrogens is 228 g/mol. The van der Waals surface area contributed by atoms with Crippen LogP contribution < -0.4 is 5.32 Å². The molecule has 2 heterocycles. The van der Waals surface area contributed by atoms with Crippen LogP contribution in [0.25, 0.3) is 0 Å². The number of hydrogen-bond donors (Lipinski definition) is 1. The van der Waals surface area contributed by atoms with E-state index >= 15 is 0 Å². The minimum absolute atomic E-state index is 0.0315. The second-order valence-corrected chi connectivity index (χ2v) is 6.24. The van der Waals surface area contributed by atoms with Gasteiger partial charge in [0, 0.05) is 25.2 Å². The topological polar surface area (TPSA) is 41.6 Å². The van der Waals surface area contributed by atoms with Crippen molar-refractivity contribution in [3.8, 4) is 0 Å². The molecule has 0 aromatic heterocycles. The Labute approximate surface area is 110 Å². The van der Waals surface area contributed by atoms with Crippen molar-refractivity contribution in [3.05, 3.63) is 0 Å². The average molecular weight is 254 g/mol. The normalized spacial score (nSPS) is 32.2. The van der Waals surface area contributed by atoms with Crippen LogP contribution in [-0.4, -0.2) is 49.2 Å². The lowest BCUT2D eigenvalue weighted by Gasteiger charge is -2.36. The number of nitrogens with zero attached hydrogens (tertiary/aromatic N) is 1. The standard InChI is InChI=1S/C14H26N2O2/c1-5-18-13(17)10(2)8-16-9-11-6-15-7-12(11)14(16,3)4/h10-12,15H,5-9H2,1-4H3. The SMILES string of the molecule is CCOC(=O)C(C)CN1CC2CNCC2C1(C)C. The van der Waals surface area contributed by atoms with Crippen LogP contribution in [0.15, 0.2) is 0 Å². The molecule has 2 fully saturated rings. The number of fused-ring (bicyclic) bond motifs is 1. The van der Waals surface area contributed by atoms with Gasteiger partial charge in [0.15, 0.2) is 0 Å². The largest absolute Gasteiger partial charge is 0.466 e. The number of rotatable bonds is 4. The molecule has 2 saturated heterocycles. The molecule has 4 nitrogen and oxygen atoms in total. The van der Waals surface area contributed by atoms with Gasteiger partial charge in [0.2, 0.25) is 0 Å². The number of ether oxygens (including phenoxy) is 1. The molecule has 0 spiro atoms. The van der Waals surface area contributed by atoms with Gasteiger partial charge < -0.3 is 10.1 Å². The van der Waals surface area contributed by atoms with E-state index in [1.165, 1.54) is 0 Å². The lowest BCUT2D eigenvalue weighted by atomic mass is 9.84. The van der Waals surface area contributed by atoms with Crippen molar-refractivity contribution < 1.29 is 9.53 Å². The Hall–Kier alpha value is -0.610. The maximum Gasteiger partial charge on any atom is 0.309 e. The van der Waals surface area contributed by atoms with Gasteiger partial charge in [-0.15, -0.1) is 0 Å². The van der Waals surface area contributed by atoms with Gasteiger partial charge in [0.25, 0.3) is 0 Å². The van der Waals surface area contributed by atoms with E-state index in [1.807, 2.05) is 13.8 Å². The maximum atomic E-state index is 11.7. The number of likely N-dealkylation sites (tertiary alicyclic amines) is 1. The molecule has 3 atom stereocenters. The molecule has 0 amide bonds. The van der Waals surface area contributed by atoms with Gasteiger partial charge in [0.05, 0.1) is 12.5 Å². The van der Waals surface area contributed by atoms with Crippen molar-refractivity contribution in [2.24, 2.45) is 17.8 Å². The fraction of sp³-hybridized carbons (Fsp3) is 0.929. The van der Waals surface area contributed by atoms with Gasteiger partial charge in [0.1, 0.15) is 0 Å². The number of esters is 1. The first-order valence-electron chi connectivity index (χ1n) is 7.09. The van der Waals surface area contributed by atoms with E-state index in [0.29, 0.717) is 12.5 Å². The van der Waals surface area contributed by atoms with Crippen molar-refractivity contribution in [2.45, 2.75) is 33.2 Å². The van der Waals surface area contributed by atoms with E-state index in [9.17, 15) is 4.79 Å². The Morgan fingerprint density at radius 1 is 1.50 bits per heavy atom. The predicted molar refractivity (Wildman–Crippen MR) is 71.3 cm³/mol. The van der Waals surface area contributed by atoms with Crippen LogP contribution in [0.2, 0.25) is 0 Å². The number of carbonyl (C=O) groups is 1. The summed E-state index contributed by atoms with van der Waals surface area (Å²) in [5, 5.41) is 3.48. The summed E-state index contributed by atoms with van der Waals surface area (Å²) in [6.45, 7) is 13.1. The Bertz CT molecular complexity index is 317. The third-order valence-corrected chi connectivity index (χ3v) is 4.70. The second kappa shape index (κ2) is 5.17. The highest BCUT2D eigenvalue weighted by molar-refractivity contribution is 5.72. The molecule has 2 rings (SSSR count). The van der Waals surface area contributed by atoms with Gasteiger partial charge in [-0.3, -0.25) is 9.69 Å². The van der Waals surface area contributed by atoms with E-state index in [1.54, 1.807) is 0 Å². The summed E-state index contributed by atoms with van der Waals surface area (Å²) in [5.41, 5.74) is 0.189. The first-order valence-corrected chi connectivity index (χ1v) is 7.09. The highest BCUT2D eigenvalue weighted by atomic mass is 16.5. The highest BCUT2D eigenvalue weighted by Crippen LogP contribution is 2.40. The molecule has 3 unspecified atom stereocenters. The fourth-order valence-electron chi connectivity index (χ4n) is 3.50. The van der Waals surface area contributed by atoms with Gasteiger partial charge >= 0.3 is 5.97 Å². The molecule has 0 bridgehead atoms. The molecule has 104 valence electrons. The third kappa shape index (κ3) is 2.41. The van der Waals surface area contributed by atoms with Crippen molar-refractivity contribution in [3.63, 3.8) is 0 Å². The summed E-state index contributed by atoms with van der Waals surface area (Å²) in [5.74, 6) is 1.36. The van der Waals surface area contributed by atoms with Gasteiger partial charge in [-0.25, -0.2) is 0 Å². The summed E-state index contributed by atoms with van der Waals surface area (Å²) in [7, 11) is 0. The summed E-state index contributed by atoms with van der Waals surface area (Å²) in [6.07, 6.45) is 0. The first-order chi connectivity index (χ1) is 8.46. The van der Waals surface area contributed by atoms with Crippen LogP contribution in [0.3, 0.4) is 0 Å². The van der Waals surface area contributed by atoms with E-state index in [2.05, 4.69) is 24.1 Å². The van der Waals surface area contributed by atoms with Crippen molar-refractivity contribution >= 4 is 5.97 Å². The molecule has 0 aromatic rings. The van der Waals surface area contributed by atoms with Crippen molar-refractivity contribution in [1.82, 2.24) is 10.2 Å². The predicted octanol–water partition coefficient (Wildman–Crippen LogP) is 1.12. The maximum absolute atomic E-state index is 11.7. The van der Waals surface area contributed by atoms with E-state index < -0.39 is 0 Å². The van der Waals surface area contributed by atoms with Crippen LogP contribution in [0.5, 0.6) is 0 Å². The molecule has 0 radical (unpaired) electrons. The van der Waals surface area contributed by atoms with E-state index in [0.717, 1.165) is 32.1 Å². The van der Waals surface area contributed by atoms with Crippen LogP contribution >= 0.6 is 0 Å². The second-order valence-electron chi connectivity index (χ2n) is 6.24. The van der Waals surface area contributed by atoms with Crippen molar-refractivity contribution in [2.75, 3.05) is 32.8 Å². The molecule has 2 aliphatic rings. The first kappa shape index (κ1) is 13.8. The Kier molecular flexibility index (Phi) is 3.97. The molecule has 0 aliphatic carbocycles. The van der Waals surface area contributed by atoms with Gasteiger partial charge in [-0.05, 0) is 39.2 Å². The van der Waals surface area contributed by atoms with E-state index in [4.69, 9.17) is 4.74 Å². The van der Waals surface area contributed by atoms with Gasteiger partial charge in [-0.1, -0.05) is 6.92 Å². The highest BCUT2D eigenvalue weighted by Gasteiger charge is 2.49. The van der Waals surface area contributed by atoms with Crippen LogP contribution in [-0.2, 0) is 9.53 Å². The fourth-order valence-corrected chi connectivity index (χ4v) is 3.50. The zero-order chi connectivity index (χ0) is 13.3. The van der Waals surface area contributed by atoms with Crippen molar-refractivity contribution in [1.29, 1.82) is 0 Å². The molecule has 0 saturated carbocycles. The minimum atomic E-state index is -0.0662. The summed E-state index contributed by atoms with van der Waals surface area (Å²) in [4.78, 5) is 14.2. The van der Waals surface area contributed by atoms with E-state index in [-0.39, 0.29) is 17.4 Å². The zero-order valence-electron chi connectivity index (χ0n) is 12.0. The van der Waals surface area contributed by atoms with Gasteiger partial charge in [-0.2, -0.15) is 0 Å². The Balaban J connectivity index is 1.96. The van der Waals surface area contributed by atoms with Crippen LogP contribution in [0.4, 0.5) is 0 Å². The average Bonchev–Trinajstić information content (AvgIpc) is 2.84. The molecular formula is C14H26N2O2. The Morgan fingerprint density at radius 2 is 2.22 bits per heavy atom. The number of carbonyl (C=O) groups excluding carboxylic acids is 1. The third-order valence-electron chi connectivity index (χ3n) is 4.70. The molecule has 0 aromatic carbocycles. The minimum Gasteiger partial charge on any atom is -0.466 e. The lowest BCUT2D eigenvalue weighted by molar-refractivity contribution is -0.148. The van der Waals surface area contributed by atoms with Crippen LogP contribution in [0.1, 0.15) is 27.7 Å². The summed E-state index contributed by atoms with van der Waals surface area (Å²) in [6, 6.07) is 0. The molecule has 18 heavy (non-hydrogen) atoms. The van der Waals surface area contributed by atoms with Crippen LogP contribution in [0, 0.1) is 17.8 Å². The molecule has 2 aliphatic heterocycles. The number of nitrogens with one attached hydrogen (secondary N) is 1. The monoisotopic (exact) mass is 254 g/mol. The summed E-state index contributed by atoms with van der Waals surface area (Å²) < 4.78 is 5.10. The smallest absolute Gasteiger partial charge is 0.309 e. The lowest BCUT2D eigenvalue weighted by Crippen LogP contribution is -2.47. The number of hydrogen-bond acceptors (Lipinski definition) is 4. The zero-order valence-corrected chi connectivity index (χ0v) is 12.0. The molecule has 4 heteroatoms. The Morgan fingerprint density at radius 3 is 2.83 bits per heavy atom. The molecule has 1 N–H and O–H groups in total. The summed E-state index contributed by atoms with van der Waals surface area (Å²) >= 11 is 0.